The van der Waals surface area contributed by atoms with E-state index < -0.39 is 0 Å². The molecule has 1 heterocycles. The number of nitrogens with one attached hydrogen (secondary N) is 2. The number of aliphatic hydroxyl groups is 1. The fraction of sp³-hybridized carbons (Fsp3) is 0.400. The molecule has 1 aliphatic heterocycles. The van der Waals surface area contributed by atoms with Crippen LogP contribution in [0.3, 0.4) is 0 Å². The van der Waals surface area contributed by atoms with Crippen molar-refractivity contribution in [2.24, 2.45) is 0 Å². The molecule has 1 fully saturated rings. The van der Waals surface area contributed by atoms with Crippen molar-refractivity contribution >= 4 is 5.91 Å². The van der Waals surface area contributed by atoms with Gasteiger partial charge in [-0.05, 0) is 37.1 Å². The smallest absolute Gasteiger partial charge is 0.237 e. The van der Waals surface area contributed by atoms with Crippen LogP contribution in [-0.2, 0) is 11.3 Å². The van der Waals surface area contributed by atoms with Crippen LogP contribution in [0.4, 0.5) is 0 Å². The first-order chi connectivity index (χ1) is 9.29. The molecule has 1 atom stereocenters. The first-order valence-corrected chi connectivity index (χ1v) is 6.31. The zero-order valence-corrected chi connectivity index (χ0v) is 11.1. The summed E-state index contributed by atoms with van der Waals surface area (Å²) in [5, 5.41) is 13.1. The van der Waals surface area contributed by atoms with Crippen LogP contribution in [0, 0.1) is 12.3 Å². The van der Waals surface area contributed by atoms with Crippen molar-refractivity contribution in [2.75, 3.05) is 13.7 Å². The third-order valence-corrected chi connectivity index (χ3v) is 2.96. The molecule has 3 N–H and O–H groups in total. The Morgan fingerprint density at radius 2 is 2.16 bits per heavy atom. The third-order valence-electron chi connectivity index (χ3n) is 2.96. The van der Waals surface area contributed by atoms with Crippen LogP contribution in [-0.4, -0.2) is 30.7 Å². The molecule has 0 radical (unpaired) electrons. The van der Waals surface area contributed by atoms with Crippen LogP contribution in [0.5, 0.6) is 0 Å². The zero-order valence-electron chi connectivity index (χ0n) is 11.1. The highest BCUT2D eigenvalue weighted by Crippen LogP contribution is 2.06. The predicted molar refractivity (Wildman–Crippen MR) is 75.4 cm³/mol. The lowest BCUT2D eigenvalue weighted by Crippen LogP contribution is -2.39. The van der Waals surface area contributed by atoms with Crippen molar-refractivity contribution in [3.8, 4) is 12.3 Å². The summed E-state index contributed by atoms with van der Waals surface area (Å²) < 4.78 is 0. The monoisotopic (exact) mass is 260 g/mol. The molecule has 1 saturated heterocycles. The number of terminal acetylenes is 1. The number of carbonyl (C=O) groups is 1. The Hall–Kier alpha value is -1.83. The van der Waals surface area contributed by atoms with Crippen molar-refractivity contribution in [3.63, 3.8) is 0 Å². The van der Waals surface area contributed by atoms with E-state index >= 15 is 0 Å². The molecular formula is C15H20N2O2. The van der Waals surface area contributed by atoms with Crippen LogP contribution in [0.1, 0.15) is 24.0 Å². The van der Waals surface area contributed by atoms with E-state index in [1.165, 1.54) is 0 Å². The summed E-state index contributed by atoms with van der Waals surface area (Å²) in [4.78, 5) is 11.7. The highest BCUT2D eigenvalue weighted by atomic mass is 16.2. The summed E-state index contributed by atoms with van der Waals surface area (Å²) in [7, 11) is 1.00. The van der Waals surface area contributed by atoms with Gasteiger partial charge in [-0.25, -0.2) is 0 Å². The van der Waals surface area contributed by atoms with Crippen LogP contribution in [0.2, 0.25) is 0 Å². The number of hydrogen-bond acceptors (Lipinski definition) is 3. The van der Waals surface area contributed by atoms with Gasteiger partial charge < -0.3 is 15.7 Å². The lowest BCUT2D eigenvalue weighted by molar-refractivity contribution is -0.122. The Kier molecular flexibility index (Phi) is 6.65. The second-order valence-electron chi connectivity index (χ2n) is 4.21. The van der Waals surface area contributed by atoms with Gasteiger partial charge >= 0.3 is 0 Å². The van der Waals surface area contributed by atoms with E-state index in [0.29, 0.717) is 6.54 Å². The molecule has 1 unspecified atom stereocenters. The highest BCUT2D eigenvalue weighted by molar-refractivity contribution is 5.81. The molecule has 0 spiro atoms. The maximum atomic E-state index is 11.7. The second-order valence-corrected chi connectivity index (χ2v) is 4.21. The van der Waals surface area contributed by atoms with Crippen molar-refractivity contribution in [1.29, 1.82) is 0 Å². The van der Waals surface area contributed by atoms with Gasteiger partial charge in [0.05, 0.1) is 6.04 Å². The van der Waals surface area contributed by atoms with E-state index in [0.717, 1.165) is 37.6 Å². The average molecular weight is 260 g/mol. The number of amides is 1. The van der Waals surface area contributed by atoms with Crippen LogP contribution >= 0.6 is 0 Å². The topological polar surface area (TPSA) is 61.4 Å². The minimum Gasteiger partial charge on any atom is -0.400 e. The summed E-state index contributed by atoms with van der Waals surface area (Å²) >= 11 is 0. The summed E-state index contributed by atoms with van der Waals surface area (Å²) in [6.45, 7) is 1.50. The van der Waals surface area contributed by atoms with E-state index in [4.69, 9.17) is 11.5 Å². The minimum atomic E-state index is -0.0139. The molecule has 4 nitrogen and oxygen atoms in total. The van der Waals surface area contributed by atoms with Gasteiger partial charge in [0.15, 0.2) is 0 Å². The van der Waals surface area contributed by atoms with E-state index in [2.05, 4.69) is 16.6 Å². The summed E-state index contributed by atoms with van der Waals surface area (Å²) in [6.07, 6.45) is 7.29. The maximum Gasteiger partial charge on any atom is 0.237 e. The Bertz CT molecular complexity index is 428. The predicted octanol–water partition coefficient (Wildman–Crippen LogP) is 0.645. The maximum absolute atomic E-state index is 11.7. The molecule has 0 saturated carbocycles. The van der Waals surface area contributed by atoms with Crippen molar-refractivity contribution in [1.82, 2.24) is 10.6 Å². The first kappa shape index (κ1) is 15.2. The lowest BCUT2D eigenvalue weighted by Gasteiger charge is -2.11. The van der Waals surface area contributed by atoms with E-state index in [-0.39, 0.29) is 11.9 Å². The van der Waals surface area contributed by atoms with Gasteiger partial charge in [0.2, 0.25) is 5.91 Å². The molecule has 102 valence electrons. The van der Waals surface area contributed by atoms with Gasteiger partial charge in [-0.1, -0.05) is 18.1 Å². The van der Waals surface area contributed by atoms with Crippen molar-refractivity contribution < 1.29 is 9.90 Å². The van der Waals surface area contributed by atoms with Gasteiger partial charge in [-0.3, -0.25) is 4.79 Å². The van der Waals surface area contributed by atoms with Gasteiger partial charge in [0.25, 0.3) is 0 Å². The summed E-state index contributed by atoms with van der Waals surface area (Å²) in [5.74, 6) is 2.65. The number of rotatable bonds is 3. The molecule has 4 heteroatoms. The Morgan fingerprint density at radius 3 is 2.68 bits per heavy atom. The van der Waals surface area contributed by atoms with Gasteiger partial charge in [0, 0.05) is 19.2 Å². The number of aliphatic hydroxyl groups excluding tert-OH is 1. The fourth-order valence-electron chi connectivity index (χ4n) is 1.94. The second kappa shape index (κ2) is 8.30. The normalized spacial score (nSPS) is 17.0. The molecule has 1 aromatic rings. The van der Waals surface area contributed by atoms with E-state index in [9.17, 15) is 4.79 Å². The quantitative estimate of drug-likeness (QED) is 0.699. The molecule has 0 aliphatic carbocycles. The summed E-state index contributed by atoms with van der Waals surface area (Å²) in [5.41, 5.74) is 1.92. The largest absolute Gasteiger partial charge is 0.400 e. The fourth-order valence-corrected chi connectivity index (χ4v) is 1.94. The van der Waals surface area contributed by atoms with Crippen LogP contribution in [0.25, 0.3) is 0 Å². The SMILES string of the molecule is C#Cc1ccc(CNC(=O)C2CCCN2)cc1.CO. The molecule has 1 aromatic carbocycles. The van der Waals surface area contributed by atoms with Gasteiger partial charge in [-0.15, -0.1) is 6.42 Å². The van der Waals surface area contributed by atoms with Crippen LogP contribution in [0.15, 0.2) is 24.3 Å². The standard InChI is InChI=1S/C14H16N2O.CH4O/c1-2-11-5-7-12(8-6-11)10-16-14(17)13-4-3-9-15-13;1-2/h1,5-8,13,15H,3-4,9-10H2,(H,16,17);2H,1H3. The molecule has 0 bridgehead atoms. The van der Waals surface area contributed by atoms with Gasteiger partial charge in [-0.2, -0.15) is 0 Å². The summed E-state index contributed by atoms with van der Waals surface area (Å²) in [6, 6.07) is 7.64. The van der Waals surface area contributed by atoms with E-state index in [1.54, 1.807) is 0 Å². The van der Waals surface area contributed by atoms with E-state index in [1.807, 2.05) is 24.3 Å². The molecule has 19 heavy (non-hydrogen) atoms. The van der Waals surface area contributed by atoms with Gasteiger partial charge in [0.1, 0.15) is 0 Å². The van der Waals surface area contributed by atoms with Crippen molar-refractivity contribution in [3.05, 3.63) is 35.4 Å². The molecule has 0 aromatic heterocycles. The minimum absolute atomic E-state index is 0.0139. The Morgan fingerprint density at radius 1 is 1.47 bits per heavy atom. The number of hydrogen-bond donors (Lipinski definition) is 3. The number of carbonyl (C=O) groups excluding carboxylic acids is 1. The molecule has 1 amide bonds. The number of benzene rings is 1. The zero-order chi connectivity index (χ0) is 14.1. The highest BCUT2D eigenvalue weighted by Gasteiger charge is 2.21. The molecule has 2 rings (SSSR count). The van der Waals surface area contributed by atoms with Crippen molar-refractivity contribution in [2.45, 2.75) is 25.4 Å². The first-order valence-electron chi connectivity index (χ1n) is 6.31. The Balaban J connectivity index is 0.000000861. The molecule has 1 aliphatic rings. The average Bonchev–Trinajstić information content (AvgIpc) is 3.02. The van der Waals surface area contributed by atoms with Crippen LogP contribution < -0.4 is 10.6 Å². The lowest BCUT2D eigenvalue weighted by atomic mass is 10.1. The molecular weight excluding hydrogens is 240 g/mol. The Labute approximate surface area is 114 Å². The third kappa shape index (κ3) is 4.74.